The van der Waals surface area contributed by atoms with Gasteiger partial charge in [-0.25, -0.2) is 9.59 Å². The lowest BCUT2D eigenvalue weighted by Gasteiger charge is -2.29. The molecule has 0 fully saturated rings. The van der Waals surface area contributed by atoms with Crippen LogP contribution in [0.25, 0.3) is 5.57 Å². The third-order valence-corrected chi connectivity index (χ3v) is 7.48. The molecular formula is C38H46N4O6. The number of hydrogen-bond acceptors (Lipinski definition) is 6. The Morgan fingerprint density at radius 3 is 1.69 bits per heavy atom. The summed E-state index contributed by atoms with van der Waals surface area (Å²) in [6.07, 6.45) is 1.94. The number of amides is 4. The van der Waals surface area contributed by atoms with E-state index >= 15 is 0 Å². The van der Waals surface area contributed by atoms with Gasteiger partial charge in [0.15, 0.2) is 0 Å². The maximum atomic E-state index is 13.2. The van der Waals surface area contributed by atoms with Gasteiger partial charge in [-0.15, -0.1) is 0 Å². The highest BCUT2D eigenvalue weighted by atomic mass is 16.6. The topological polar surface area (TPSA) is 126 Å². The fraction of sp³-hybridized carbons (Fsp3) is 0.368. The fourth-order valence-corrected chi connectivity index (χ4v) is 5.09. The molecule has 254 valence electrons. The van der Waals surface area contributed by atoms with E-state index in [1.165, 1.54) is 0 Å². The van der Waals surface area contributed by atoms with Crippen LogP contribution in [-0.4, -0.2) is 53.2 Å². The van der Waals surface area contributed by atoms with Gasteiger partial charge < -0.3 is 30.3 Å². The summed E-state index contributed by atoms with van der Waals surface area (Å²) in [5.74, 6) is -0.556. The van der Waals surface area contributed by atoms with Crippen molar-refractivity contribution in [3.05, 3.63) is 100 Å². The number of carbonyl (C=O) groups is 4. The lowest BCUT2D eigenvalue weighted by atomic mass is 9.98. The number of carbonyl (C=O) groups excluding carboxylic acids is 4. The maximum absolute atomic E-state index is 13.2. The van der Waals surface area contributed by atoms with E-state index < -0.39 is 17.3 Å². The zero-order chi connectivity index (χ0) is 35.2. The van der Waals surface area contributed by atoms with E-state index in [9.17, 15) is 19.2 Å². The molecule has 1 aliphatic heterocycles. The summed E-state index contributed by atoms with van der Waals surface area (Å²) < 4.78 is 10.7. The van der Waals surface area contributed by atoms with Gasteiger partial charge in [0, 0.05) is 42.1 Å². The Morgan fingerprint density at radius 1 is 0.729 bits per heavy atom. The Morgan fingerprint density at radius 2 is 1.23 bits per heavy atom. The van der Waals surface area contributed by atoms with E-state index in [0.29, 0.717) is 59.7 Å². The van der Waals surface area contributed by atoms with Crippen LogP contribution in [0.2, 0.25) is 0 Å². The molecule has 0 bridgehead atoms. The van der Waals surface area contributed by atoms with Gasteiger partial charge in [0.05, 0.1) is 0 Å². The summed E-state index contributed by atoms with van der Waals surface area (Å²) >= 11 is 0. The van der Waals surface area contributed by atoms with Crippen LogP contribution in [0, 0.1) is 13.8 Å². The largest absolute Gasteiger partial charge is 0.444 e. The van der Waals surface area contributed by atoms with Crippen LogP contribution in [0.5, 0.6) is 0 Å². The summed E-state index contributed by atoms with van der Waals surface area (Å²) in [4.78, 5) is 52.3. The van der Waals surface area contributed by atoms with Gasteiger partial charge >= 0.3 is 12.2 Å². The lowest BCUT2D eigenvalue weighted by Crippen LogP contribution is -2.39. The van der Waals surface area contributed by atoms with Gasteiger partial charge in [-0.05, 0) is 126 Å². The summed E-state index contributed by atoms with van der Waals surface area (Å²) in [5, 5.41) is 8.58. The lowest BCUT2D eigenvalue weighted by molar-refractivity contribution is 0.0270. The second-order valence-corrected chi connectivity index (χ2v) is 13.9. The highest BCUT2D eigenvalue weighted by Gasteiger charge is 2.24. The van der Waals surface area contributed by atoms with Crippen LogP contribution in [0.15, 0.2) is 66.7 Å². The number of anilines is 2. The highest BCUT2D eigenvalue weighted by Crippen LogP contribution is 2.26. The van der Waals surface area contributed by atoms with E-state index in [1.54, 1.807) is 63.8 Å². The number of hydrogen-bond donors (Lipinski definition) is 3. The molecule has 4 rings (SSSR count). The number of nitrogens with one attached hydrogen (secondary N) is 3. The monoisotopic (exact) mass is 654 g/mol. The van der Waals surface area contributed by atoms with E-state index in [4.69, 9.17) is 9.47 Å². The number of ether oxygens (including phenoxy) is 2. The molecule has 0 saturated carbocycles. The Labute approximate surface area is 282 Å². The molecule has 0 saturated heterocycles. The molecule has 4 amide bonds. The van der Waals surface area contributed by atoms with Crippen LogP contribution >= 0.6 is 0 Å². The molecule has 48 heavy (non-hydrogen) atoms. The van der Waals surface area contributed by atoms with Crippen molar-refractivity contribution in [1.82, 2.24) is 10.2 Å². The van der Waals surface area contributed by atoms with Gasteiger partial charge in [-0.2, -0.15) is 0 Å². The third-order valence-electron chi connectivity index (χ3n) is 7.48. The first-order chi connectivity index (χ1) is 22.5. The van der Waals surface area contributed by atoms with Crippen molar-refractivity contribution >= 4 is 40.9 Å². The average molecular weight is 655 g/mol. The molecule has 0 aliphatic carbocycles. The molecule has 3 aromatic carbocycles. The minimum atomic E-state index is -0.575. The Kier molecular flexibility index (Phi) is 11.0. The minimum absolute atomic E-state index is 0.268. The third kappa shape index (κ3) is 10.2. The summed E-state index contributed by atoms with van der Waals surface area (Å²) in [6, 6.07) is 18.2. The van der Waals surface area contributed by atoms with Gasteiger partial charge in [-0.3, -0.25) is 9.59 Å². The average Bonchev–Trinajstić information content (AvgIpc) is 3.00. The normalized spacial score (nSPS) is 13.2. The van der Waals surface area contributed by atoms with Crippen molar-refractivity contribution in [2.24, 2.45) is 0 Å². The molecule has 1 heterocycles. The zero-order valence-electron chi connectivity index (χ0n) is 29.1. The van der Waals surface area contributed by atoms with Crippen LogP contribution in [0.4, 0.5) is 21.0 Å². The van der Waals surface area contributed by atoms with Crippen molar-refractivity contribution in [3.8, 4) is 0 Å². The first-order valence-corrected chi connectivity index (χ1v) is 16.0. The van der Waals surface area contributed by atoms with Crippen LogP contribution < -0.4 is 16.0 Å². The van der Waals surface area contributed by atoms with Crippen LogP contribution in [0.3, 0.4) is 0 Å². The van der Waals surface area contributed by atoms with Crippen molar-refractivity contribution in [3.63, 3.8) is 0 Å². The van der Waals surface area contributed by atoms with E-state index in [2.05, 4.69) is 16.0 Å². The number of rotatable bonds is 7. The van der Waals surface area contributed by atoms with Crippen molar-refractivity contribution in [2.75, 3.05) is 23.7 Å². The summed E-state index contributed by atoms with van der Waals surface area (Å²) in [5.41, 5.74) is 5.46. The first-order valence-electron chi connectivity index (χ1n) is 16.0. The van der Waals surface area contributed by atoms with Gasteiger partial charge in [0.25, 0.3) is 11.8 Å². The molecule has 10 heteroatoms. The number of nitrogens with zero attached hydrogens (tertiary/aromatic N) is 1. The second kappa shape index (κ2) is 14.8. The molecule has 10 nitrogen and oxygen atoms in total. The molecule has 3 N–H and O–H groups in total. The smallest absolute Gasteiger partial charge is 0.410 e. The van der Waals surface area contributed by atoms with Gasteiger partial charge in [-0.1, -0.05) is 30.3 Å². The molecule has 0 radical (unpaired) electrons. The summed E-state index contributed by atoms with van der Waals surface area (Å²) in [7, 11) is 0. The first kappa shape index (κ1) is 35.7. The highest BCUT2D eigenvalue weighted by molar-refractivity contribution is 6.09. The minimum Gasteiger partial charge on any atom is -0.444 e. The van der Waals surface area contributed by atoms with Gasteiger partial charge in [0.2, 0.25) is 0 Å². The molecule has 1 aliphatic rings. The van der Waals surface area contributed by atoms with E-state index in [1.807, 2.05) is 63.2 Å². The number of benzene rings is 3. The predicted molar refractivity (Wildman–Crippen MR) is 188 cm³/mol. The van der Waals surface area contributed by atoms with Crippen molar-refractivity contribution in [2.45, 2.75) is 79.6 Å². The van der Waals surface area contributed by atoms with E-state index in [0.717, 1.165) is 16.7 Å². The molecule has 0 unspecified atom stereocenters. The SMILES string of the molecule is Cc1cc(C(=O)Nc2ccc(C3=CCN(C(=O)OC(C)(C)C)CC3)cc2)c(C)cc1C(=O)Nc1ccc(CNC(=O)OC(C)(C)C)cc1. The predicted octanol–water partition coefficient (Wildman–Crippen LogP) is 7.86. The fourth-order valence-electron chi connectivity index (χ4n) is 5.09. The standard InChI is InChI=1S/C38H46N4O6/c1-24-22-32(25(2)21-31(24)33(43)40-29-13-9-26(10-14-29)23-39-35(45)47-37(3,4)5)34(44)41-30-15-11-27(12-16-30)28-17-19-42(20-18-28)36(46)48-38(6,7)8/h9-17,21-22H,18-20,23H2,1-8H3,(H,39,45)(H,40,43)(H,41,44). The molecule has 3 aromatic rings. The second-order valence-electron chi connectivity index (χ2n) is 13.9. The van der Waals surface area contributed by atoms with Crippen LogP contribution in [0.1, 0.15) is 90.9 Å². The molecule has 0 spiro atoms. The summed E-state index contributed by atoms with van der Waals surface area (Å²) in [6.45, 7) is 15.9. The zero-order valence-corrected chi connectivity index (χ0v) is 29.1. The Hall–Kier alpha value is -5.12. The molecular weight excluding hydrogens is 608 g/mol. The number of alkyl carbamates (subject to hydrolysis) is 1. The maximum Gasteiger partial charge on any atom is 0.410 e. The van der Waals surface area contributed by atoms with E-state index in [-0.39, 0.29) is 17.9 Å². The van der Waals surface area contributed by atoms with Crippen LogP contribution in [-0.2, 0) is 16.0 Å². The Balaban J connectivity index is 1.33. The molecule has 0 aromatic heterocycles. The van der Waals surface area contributed by atoms with Gasteiger partial charge in [0.1, 0.15) is 11.2 Å². The quantitative estimate of drug-likeness (QED) is 0.238. The Bertz CT molecular complexity index is 1700. The van der Waals surface area contributed by atoms with Crippen molar-refractivity contribution < 1.29 is 28.7 Å². The van der Waals surface area contributed by atoms with Crippen molar-refractivity contribution in [1.29, 1.82) is 0 Å². The molecule has 0 atom stereocenters. The number of aryl methyl sites for hydroxylation is 2.